The highest BCUT2D eigenvalue weighted by Gasteiger charge is 2.21. The minimum absolute atomic E-state index is 0.0829. The van der Waals surface area contributed by atoms with Gasteiger partial charge in [0.2, 0.25) is 0 Å². The molecule has 0 N–H and O–H groups in total. The van der Waals surface area contributed by atoms with Crippen LogP contribution < -0.4 is 14.2 Å². The second-order valence-corrected chi connectivity index (χ2v) is 5.05. The van der Waals surface area contributed by atoms with Crippen molar-refractivity contribution < 1.29 is 14.2 Å². The molecule has 0 aromatic heterocycles. The van der Waals surface area contributed by atoms with E-state index >= 15 is 0 Å². The van der Waals surface area contributed by atoms with Crippen molar-refractivity contribution in [3.63, 3.8) is 0 Å². The van der Waals surface area contributed by atoms with E-state index in [0.29, 0.717) is 16.5 Å². The van der Waals surface area contributed by atoms with Gasteiger partial charge in [-0.1, -0.05) is 42.8 Å². The number of benzene rings is 2. The molecule has 0 heterocycles. The molecule has 0 saturated carbocycles. The number of ether oxygens (including phenoxy) is 3. The van der Waals surface area contributed by atoms with Crippen LogP contribution in [0, 0.1) is 0 Å². The molecule has 2 rings (SSSR count). The first-order valence-corrected chi connectivity index (χ1v) is 7.05. The van der Waals surface area contributed by atoms with Crippen molar-refractivity contribution in [1.82, 2.24) is 0 Å². The molecule has 0 saturated heterocycles. The molecule has 21 heavy (non-hydrogen) atoms. The Bertz CT molecular complexity index is 625. The van der Waals surface area contributed by atoms with Crippen molar-refractivity contribution in [2.45, 2.75) is 12.8 Å². The third-order valence-corrected chi connectivity index (χ3v) is 3.95. The molecule has 1 atom stereocenters. The van der Waals surface area contributed by atoms with E-state index in [9.17, 15) is 0 Å². The first-order valence-electron chi connectivity index (χ1n) is 6.67. The molecule has 4 heteroatoms. The van der Waals surface area contributed by atoms with E-state index in [1.165, 1.54) is 0 Å². The Morgan fingerprint density at radius 2 is 1.48 bits per heavy atom. The summed E-state index contributed by atoms with van der Waals surface area (Å²) in [6, 6.07) is 11.8. The van der Waals surface area contributed by atoms with Crippen LogP contribution in [-0.2, 0) is 0 Å². The molecule has 2 aromatic carbocycles. The predicted molar refractivity (Wildman–Crippen MR) is 85.1 cm³/mol. The van der Waals surface area contributed by atoms with Crippen LogP contribution in [0.25, 0.3) is 0 Å². The average Bonchev–Trinajstić information content (AvgIpc) is 2.53. The topological polar surface area (TPSA) is 27.7 Å². The van der Waals surface area contributed by atoms with Gasteiger partial charge in [0.25, 0.3) is 0 Å². The van der Waals surface area contributed by atoms with E-state index in [1.807, 2.05) is 36.4 Å². The van der Waals surface area contributed by atoms with Crippen LogP contribution in [0.2, 0.25) is 5.02 Å². The SMILES string of the molecule is COc1ccccc1C(C)c1ccc(OC)c(Cl)c1OC. The van der Waals surface area contributed by atoms with E-state index < -0.39 is 0 Å². The Kier molecular flexibility index (Phi) is 4.97. The molecule has 0 bridgehead atoms. The van der Waals surface area contributed by atoms with Crippen molar-refractivity contribution in [2.24, 2.45) is 0 Å². The van der Waals surface area contributed by atoms with E-state index in [-0.39, 0.29) is 5.92 Å². The Labute approximate surface area is 130 Å². The second-order valence-electron chi connectivity index (χ2n) is 4.67. The van der Waals surface area contributed by atoms with Crippen molar-refractivity contribution in [1.29, 1.82) is 0 Å². The van der Waals surface area contributed by atoms with Gasteiger partial charge in [-0.15, -0.1) is 0 Å². The summed E-state index contributed by atoms with van der Waals surface area (Å²) in [5.74, 6) is 2.16. The molecular formula is C17H19ClO3. The summed E-state index contributed by atoms with van der Waals surface area (Å²) in [5.41, 5.74) is 2.08. The van der Waals surface area contributed by atoms with Gasteiger partial charge in [-0.2, -0.15) is 0 Å². The summed E-state index contributed by atoms with van der Waals surface area (Å²) in [6.07, 6.45) is 0. The molecular weight excluding hydrogens is 288 g/mol. The van der Waals surface area contributed by atoms with Gasteiger partial charge in [-0.3, -0.25) is 0 Å². The predicted octanol–water partition coefficient (Wildman–Crippen LogP) is 4.52. The maximum Gasteiger partial charge on any atom is 0.145 e. The van der Waals surface area contributed by atoms with Gasteiger partial charge >= 0.3 is 0 Å². The minimum atomic E-state index is 0.0829. The van der Waals surface area contributed by atoms with E-state index in [2.05, 4.69) is 6.92 Å². The lowest BCUT2D eigenvalue weighted by Crippen LogP contribution is -2.03. The fourth-order valence-electron chi connectivity index (χ4n) is 2.45. The maximum atomic E-state index is 6.34. The Hall–Kier alpha value is -1.87. The van der Waals surface area contributed by atoms with E-state index in [4.69, 9.17) is 25.8 Å². The molecule has 112 valence electrons. The molecule has 0 aliphatic heterocycles. The summed E-state index contributed by atoms with van der Waals surface area (Å²) < 4.78 is 16.2. The third kappa shape index (κ3) is 2.93. The Morgan fingerprint density at radius 3 is 2.10 bits per heavy atom. The average molecular weight is 307 g/mol. The molecule has 0 amide bonds. The zero-order valence-corrected chi connectivity index (χ0v) is 13.4. The van der Waals surface area contributed by atoms with Gasteiger partial charge in [0.05, 0.1) is 21.3 Å². The normalized spacial score (nSPS) is 11.9. The summed E-state index contributed by atoms with van der Waals surface area (Å²) in [4.78, 5) is 0. The van der Waals surface area contributed by atoms with Crippen LogP contribution in [0.1, 0.15) is 24.0 Å². The first-order chi connectivity index (χ1) is 10.1. The van der Waals surface area contributed by atoms with Gasteiger partial charge in [0, 0.05) is 17.0 Å². The summed E-state index contributed by atoms with van der Waals surface area (Å²) >= 11 is 6.34. The summed E-state index contributed by atoms with van der Waals surface area (Å²) in [6.45, 7) is 2.10. The van der Waals surface area contributed by atoms with Gasteiger partial charge in [0.1, 0.15) is 22.3 Å². The number of para-hydroxylation sites is 1. The highest BCUT2D eigenvalue weighted by molar-refractivity contribution is 6.33. The molecule has 2 aromatic rings. The lowest BCUT2D eigenvalue weighted by Gasteiger charge is -2.20. The van der Waals surface area contributed by atoms with Crippen LogP contribution in [0.4, 0.5) is 0 Å². The highest BCUT2D eigenvalue weighted by atomic mass is 35.5. The largest absolute Gasteiger partial charge is 0.496 e. The van der Waals surface area contributed by atoms with Gasteiger partial charge < -0.3 is 14.2 Å². The van der Waals surface area contributed by atoms with Gasteiger partial charge in [-0.25, -0.2) is 0 Å². The monoisotopic (exact) mass is 306 g/mol. The number of hydrogen-bond acceptors (Lipinski definition) is 3. The lowest BCUT2D eigenvalue weighted by molar-refractivity contribution is 0.389. The quantitative estimate of drug-likeness (QED) is 0.813. The minimum Gasteiger partial charge on any atom is -0.496 e. The maximum absolute atomic E-state index is 6.34. The number of methoxy groups -OCH3 is 3. The highest BCUT2D eigenvalue weighted by Crippen LogP contribution is 2.43. The fourth-order valence-corrected chi connectivity index (χ4v) is 2.78. The molecule has 0 aliphatic rings. The Balaban J connectivity index is 2.53. The lowest BCUT2D eigenvalue weighted by atomic mass is 9.91. The van der Waals surface area contributed by atoms with Crippen LogP contribution >= 0.6 is 11.6 Å². The smallest absolute Gasteiger partial charge is 0.145 e. The van der Waals surface area contributed by atoms with Gasteiger partial charge in [0.15, 0.2) is 0 Å². The molecule has 0 spiro atoms. The molecule has 3 nitrogen and oxygen atoms in total. The summed E-state index contributed by atoms with van der Waals surface area (Å²) in [7, 11) is 4.87. The number of halogens is 1. The molecule has 1 unspecified atom stereocenters. The van der Waals surface area contributed by atoms with Crippen molar-refractivity contribution in [2.75, 3.05) is 21.3 Å². The molecule has 0 fully saturated rings. The molecule has 0 aliphatic carbocycles. The van der Waals surface area contributed by atoms with Crippen molar-refractivity contribution in [3.8, 4) is 17.2 Å². The van der Waals surface area contributed by atoms with Crippen LogP contribution in [-0.4, -0.2) is 21.3 Å². The number of hydrogen-bond donors (Lipinski definition) is 0. The zero-order chi connectivity index (χ0) is 15.4. The standard InChI is InChI=1S/C17H19ClO3/c1-11(12-7-5-6-8-14(12)19-2)13-9-10-15(20-3)16(18)17(13)21-4/h5-11H,1-4H3. The van der Waals surface area contributed by atoms with Crippen molar-refractivity contribution >= 4 is 11.6 Å². The van der Waals surface area contributed by atoms with E-state index in [1.54, 1.807) is 21.3 Å². The number of rotatable bonds is 5. The van der Waals surface area contributed by atoms with Crippen LogP contribution in [0.5, 0.6) is 17.2 Å². The van der Waals surface area contributed by atoms with Crippen molar-refractivity contribution in [3.05, 3.63) is 52.5 Å². The summed E-state index contributed by atoms with van der Waals surface area (Å²) in [5, 5.41) is 0.485. The zero-order valence-electron chi connectivity index (χ0n) is 12.6. The fraction of sp³-hybridized carbons (Fsp3) is 0.294. The third-order valence-electron chi connectivity index (χ3n) is 3.59. The van der Waals surface area contributed by atoms with Crippen LogP contribution in [0.3, 0.4) is 0 Å². The van der Waals surface area contributed by atoms with Crippen LogP contribution in [0.15, 0.2) is 36.4 Å². The van der Waals surface area contributed by atoms with Gasteiger partial charge in [-0.05, 0) is 12.1 Å². The molecule has 0 radical (unpaired) electrons. The van der Waals surface area contributed by atoms with E-state index in [0.717, 1.165) is 16.9 Å². The Morgan fingerprint density at radius 1 is 0.810 bits per heavy atom. The second kappa shape index (κ2) is 6.72. The first kappa shape index (κ1) is 15.5.